The molecule has 3 heterocycles. The fourth-order valence-electron chi connectivity index (χ4n) is 3.64. The maximum absolute atomic E-state index is 12.3. The number of hydrogen-bond acceptors (Lipinski definition) is 6. The molecule has 0 atom stereocenters. The van der Waals surface area contributed by atoms with Crippen molar-refractivity contribution in [1.82, 2.24) is 19.7 Å². The van der Waals surface area contributed by atoms with E-state index < -0.39 is 5.41 Å². The number of nitrogen functional groups attached to an aromatic ring is 1. The second-order valence-corrected chi connectivity index (χ2v) is 8.22. The van der Waals surface area contributed by atoms with E-state index in [1.165, 1.54) is 0 Å². The van der Waals surface area contributed by atoms with Crippen molar-refractivity contribution in [3.05, 3.63) is 34.5 Å². The second kappa shape index (κ2) is 6.81. The molecule has 3 N–H and O–H groups in total. The fourth-order valence-corrected chi connectivity index (χ4v) is 3.81. The van der Waals surface area contributed by atoms with Crippen LogP contribution in [-0.4, -0.2) is 31.4 Å². The molecule has 1 aliphatic heterocycles. The van der Waals surface area contributed by atoms with Gasteiger partial charge in [0.05, 0.1) is 22.2 Å². The lowest BCUT2D eigenvalue weighted by Gasteiger charge is -2.16. The first-order valence-corrected chi connectivity index (χ1v) is 9.72. The topological polar surface area (TPSA) is 116 Å². The predicted octanol–water partition coefficient (Wildman–Crippen LogP) is 3.19. The molecule has 0 unspecified atom stereocenters. The number of carbonyl (C=O) groups excluding carboxylic acids is 2. The van der Waals surface area contributed by atoms with Crippen molar-refractivity contribution in [2.24, 2.45) is 0 Å². The van der Waals surface area contributed by atoms with E-state index in [1.54, 1.807) is 31.5 Å². The van der Waals surface area contributed by atoms with Crippen LogP contribution in [0, 0.1) is 0 Å². The number of amides is 1. The zero-order chi connectivity index (χ0) is 20.9. The van der Waals surface area contributed by atoms with E-state index in [4.69, 9.17) is 17.3 Å². The highest BCUT2D eigenvalue weighted by atomic mass is 35.5. The lowest BCUT2D eigenvalue weighted by Crippen LogP contribution is -2.27. The lowest BCUT2D eigenvalue weighted by atomic mass is 9.87. The Bertz CT molecular complexity index is 1170. The van der Waals surface area contributed by atoms with Gasteiger partial charge in [0.15, 0.2) is 0 Å². The Morgan fingerprint density at radius 1 is 1.31 bits per heavy atom. The van der Waals surface area contributed by atoms with Gasteiger partial charge in [0.25, 0.3) is 5.95 Å². The summed E-state index contributed by atoms with van der Waals surface area (Å²) >= 11 is 6.19. The molecule has 2 aromatic heterocycles. The number of fused-ring (bicyclic) bond motifs is 2. The van der Waals surface area contributed by atoms with Crippen LogP contribution in [0.2, 0.25) is 5.02 Å². The molecule has 0 saturated heterocycles. The minimum atomic E-state index is -0.796. The Morgan fingerprint density at radius 2 is 2.07 bits per heavy atom. The Labute approximate surface area is 172 Å². The van der Waals surface area contributed by atoms with Gasteiger partial charge >= 0.3 is 0 Å². The highest BCUT2D eigenvalue weighted by Gasteiger charge is 2.42. The molecular formula is C20H21ClN6O2. The van der Waals surface area contributed by atoms with Crippen LogP contribution in [0.5, 0.6) is 0 Å². The molecule has 8 nitrogen and oxygen atoms in total. The third-order valence-corrected chi connectivity index (χ3v) is 5.44. The number of nitrogens with one attached hydrogen (secondary N) is 1. The number of ketones is 1. The fraction of sp³-hybridized carbons (Fsp3) is 0.350. The number of Topliss-reactive ketones (excluding diaryl/α,β-unsaturated/α-hetero) is 1. The van der Waals surface area contributed by atoms with Crippen molar-refractivity contribution in [3.8, 4) is 5.95 Å². The lowest BCUT2D eigenvalue weighted by molar-refractivity contribution is -0.119. The Morgan fingerprint density at radius 3 is 2.79 bits per heavy atom. The molecule has 1 aliphatic rings. The van der Waals surface area contributed by atoms with Crippen LogP contribution in [0.1, 0.15) is 44.9 Å². The molecule has 29 heavy (non-hydrogen) atoms. The van der Waals surface area contributed by atoms with Gasteiger partial charge in [-0.1, -0.05) is 11.6 Å². The summed E-state index contributed by atoms with van der Waals surface area (Å²) in [6.07, 6.45) is 1.79. The standard InChI is InChI=1S/C20H21ClN6O2/c1-10(28)5-4-6-13-12-9-11(21)7-8-14(12)27(26-13)19-23-16(22)15-17(25-19)24-18(29)20(15,2)3/h7-9H,4-6H2,1-3H3,(H3,22,23,24,25,29). The van der Waals surface area contributed by atoms with Crippen LogP contribution >= 0.6 is 11.6 Å². The Balaban J connectivity index is 1.83. The van der Waals surface area contributed by atoms with Crippen molar-refractivity contribution in [2.75, 3.05) is 11.1 Å². The van der Waals surface area contributed by atoms with E-state index in [9.17, 15) is 9.59 Å². The maximum Gasteiger partial charge on any atom is 0.255 e. The van der Waals surface area contributed by atoms with Gasteiger partial charge in [-0.15, -0.1) is 0 Å². The summed E-state index contributed by atoms with van der Waals surface area (Å²) in [5.74, 6) is 0.874. The monoisotopic (exact) mass is 412 g/mol. The molecule has 150 valence electrons. The summed E-state index contributed by atoms with van der Waals surface area (Å²) in [7, 11) is 0. The number of rotatable bonds is 5. The number of carbonyl (C=O) groups is 2. The Kier molecular flexibility index (Phi) is 4.53. The third kappa shape index (κ3) is 3.23. The number of nitrogens with zero attached hydrogens (tertiary/aromatic N) is 4. The number of nitrogens with two attached hydrogens (primary N) is 1. The quantitative estimate of drug-likeness (QED) is 0.664. The normalized spacial score (nSPS) is 14.8. The smallest absolute Gasteiger partial charge is 0.255 e. The van der Waals surface area contributed by atoms with Gasteiger partial charge in [0, 0.05) is 16.8 Å². The van der Waals surface area contributed by atoms with Gasteiger partial charge in [-0.25, -0.2) is 0 Å². The summed E-state index contributed by atoms with van der Waals surface area (Å²) < 4.78 is 1.60. The highest BCUT2D eigenvalue weighted by Crippen LogP contribution is 2.39. The van der Waals surface area contributed by atoms with Crippen LogP contribution in [-0.2, 0) is 21.4 Å². The SMILES string of the molecule is CC(=O)CCCc1nn(-c2nc(N)c3c(n2)NC(=O)C3(C)C)c2ccc(Cl)cc12. The summed E-state index contributed by atoms with van der Waals surface area (Å²) in [5, 5.41) is 8.91. The Hall–Kier alpha value is -3.00. The van der Waals surface area contributed by atoms with Crippen LogP contribution in [0.15, 0.2) is 18.2 Å². The number of hydrogen-bond donors (Lipinski definition) is 2. The molecule has 1 aromatic carbocycles. The molecule has 0 fully saturated rings. The zero-order valence-corrected chi connectivity index (χ0v) is 17.2. The van der Waals surface area contributed by atoms with Gasteiger partial charge in [0.1, 0.15) is 17.4 Å². The molecule has 1 amide bonds. The van der Waals surface area contributed by atoms with E-state index in [1.807, 2.05) is 12.1 Å². The van der Waals surface area contributed by atoms with Crippen LogP contribution in [0.4, 0.5) is 11.6 Å². The maximum atomic E-state index is 12.3. The molecule has 0 radical (unpaired) electrons. The predicted molar refractivity (Wildman–Crippen MR) is 111 cm³/mol. The summed E-state index contributed by atoms with van der Waals surface area (Å²) in [5.41, 5.74) is 7.56. The van der Waals surface area contributed by atoms with E-state index in [0.717, 1.165) is 16.6 Å². The number of aromatic nitrogens is 4. The van der Waals surface area contributed by atoms with E-state index in [0.29, 0.717) is 35.7 Å². The van der Waals surface area contributed by atoms with E-state index in [2.05, 4.69) is 20.4 Å². The van der Waals surface area contributed by atoms with Crippen LogP contribution in [0.3, 0.4) is 0 Å². The van der Waals surface area contributed by atoms with E-state index >= 15 is 0 Å². The van der Waals surface area contributed by atoms with Crippen molar-refractivity contribution in [2.45, 2.75) is 45.4 Å². The van der Waals surface area contributed by atoms with E-state index in [-0.39, 0.29) is 23.5 Å². The molecule has 4 rings (SSSR count). The molecule has 0 spiro atoms. The van der Waals surface area contributed by atoms with Crippen molar-refractivity contribution in [1.29, 1.82) is 0 Å². The van der Waals surface area contributed by atoms with Gasteiger partial charge in [-0.05, 0) is 51.8 Å². The van der Waals surface area contributed by atoms with Crippen molar-refractivity contribution in [3.63, 3.8) is 0 Å². The molecular weight excluding hydrogens is 392 g/mol. The highest BCUT2D eigenvalue weighted by molar-refractivity contribution is 6.31. The summed E-state index contributed by atoms with van der Waals surface area (Å²) in [6.45, 7) is 5.14. The minimum absolute atomic E-state index is 0.139. The molecule has 3 aromatic rings. The van der Waals surface area contributed by atoms with Crippen molar-refractivity contribution < 1.29 is 9.59 Å². The molecule has 0 saturated carbocycles. The number of anilines is 2. The third-order valence-electron chi connectivity index (χ3n) is 5.20. The van der Waals surface area contributed by atoms with Gasteiger partial charge in [-0.3, -0.25) is 4.79 Å². The second-order valence-electron chi connectivity index (χ2n) is 7.79. The zero-order valence-electron chi connectivity index (χ0n) is 16.4. The van der Waals surface area contributed by atoms with Crippen molar-refractivity contribution >= 4 is 45.8 Å². The molecule has 0 bridgehead atoms. The first-order chi connectivity index (χ1) is 13.7. The largest absolute Gasteiger partial charge is 0.383 e. The number of halogens is 1. The number of aryl methyl sites for hydroxylation is 1. The first kappa shape index (κ1) is 19.3. The van der Waals surface area contributed by atoms with Gasteiger partial charge < -0.3 is 15.8 Å². The summed E-state index contributed by atoms with van der Waals surface area (Å²) in [6, 6.07) is 5.45. The van der Waals surface area contributed by atoms with Gasteiger partial charge in [-0.2, -0.15) is 19.7 Å². The minimum Gasteiger partial charge on any atom is -0.383 e. The summed E-state index contributed by atoms with van der Waals surface area (Å²) in [4.78, 5) is 32.5. The average Bonchev–Trinajstić information content (AvgIpc) is 3.09. The number of benzene rings is 1. The van der Waals surface area contributed by atoms with Crippen LogP contribution in [0.25, 0.3) is 16.9 Å². The average molecular weight is 413 g/mol. The molecule has 0 aliphatic carbocycles. The van der Waals surface area contributed by atoms with Crippen LogP contribution < -0.4 is 11.1 Å². The van der Waals surface area contributed by atoms with Gasteiger partial charge in [0.2, 0.25) is 5.91 Å². The first-order valence-electron chi connectivity index (χ1n) is 9.35. The molecule has 9 heteroatoms.